The molecule has 2 atom stereocenters. The summed E-state index contributed by atoms with van der Waals surface area (Å²) in [6.45, 7) is 6.46. The van der Waals surface area contributed by atoms with Crippen LogP contribution in [0, 0.1) is 5.92 Å². The number of piperidine rings is 1. The molecule has 7 heteroatoms. The number of rotatable bonds is 7. The van der Waals surface area contributed by atoms with Crippen LogP contribution in [0.4, 0.5) is 11.4 Å². The molecule has 0 aromatic heterocycles. The number of likely N-dealkylation sites (tertiary alicyclic amines) is 1. The van der Waals surface area contributed by atoms with E-state index in [1.807, 2.05) is 18.2 Å². The number of benzene rings is 2. The fourth-order valence-corrected chi connectivity index (χ4v) is 5.97. The second-order valence-corrected chi connectivity index (χ2v) is 9.88. The molecule has 3 heterocycles. The molecule has 0 radical (unpaired) electrons. The summed E-state index contributed by atoms with van der Waals surface area (Å²) in [5.74, 6) is 1.80. The molecule has 35 heavy (non-hydrogen) atoms. The van der Waals surface area contributed by atoms with Crippen LogP contribution in [0.3, 0.4) is 0 Å². The Balaban J connectivity index is 1.36. The maximum absolute atomic E-state index is 13.6. The van der Waals surface area contributed by atoms with Crippen LogP contribution in [0.2, 0.25) is 0 Å². The van der Waals surface area contributed by atoms with E-state index >= 15 is 0 Å². The maximum Gasteiger partial charge on any atom is 0.225 e. The summed E-state index contributed by atoms with van der Waals surface area (Å²) in [6, 6.07) is 14.5. The fraction of sp³-hybridized carbons (Fsp3) is 0.536. The zero-order chi connectivity index (χ0) is 24.2. The molecule has 0 saturated carbocycles. The minimum Gasteiger partial charge on any atom is -0.497 e. The van der Waals surface area contributed by atoms with E-state index in [1.165, 1.54) is 30.5 Å². The number of carbonyl (C=O) groups is 1. The van der Waals surface area contributed by atoms with Gasteiger partial charge in [0.1, 0.15) is 11.5 Å². The highest BCUT2D eigenvalue weighted by Crippen LogP contribution is 2.40. The number of anilines is 2. The van der Waals surface area contributed by atoms with Gasteiger partial charge in [-0.3, -0.25) is 4.79 Å². The van der Waals surface area contributed by atoms with Crippen LogP contribution in [-0.4, -0.2) is 76.9 Å². The third kappa shape index (κ3) is 5.06. The molecule has 2 aromatic rings. The van der Waals surface area contributed by atoms with Gasteiger partial charge in [0.05, 0.1) is 31.9 Å². The van der Waals surface area contributed by atoms with E-state index in [1.54, 1.807) is 14.2 Å². The largest absolute Gasteiger partial charge is 0.497 e. The molecule has 188 valence electrons. The Hall–Kier alpha value is -2.93. The lowest BCUT2D eigenvalue weighted by Gasteiger charge is -2.49. The summed E-state index contributed by atoms with van der Waals surface area (Å²) in [5.41, 5.74) is 3.52. The summed E-state index contributed by atoms with van der Waals surface area (Å²) >= 11 is 0. The third-order valence-corrected chi connectivity index (χ3v) is 7.86. The lowest BCUT2D eigenvalue weighted by molar-refractivity contribution is -0.125. The number of hydrogen-bond acceptors (Lipinski definition) is 6. The zero-order valence-corrected chi connectivity index (χ0v) is 21.0. The molecule has 3 aliphatic heterocycles. The third-order valence-electron chi connectivity index (χ3n) is 7.86. The topological polar surface area (TPSA) is 57.3 Å². The molecule has 1 N–H and O–H groups in total. The molecule has 7 nitrogen and oxygen atoms in total. The van der Waals surface area contributed by atoms with Crippen LogP contribution >= 0.6 is 0 Å². The highest BCUT2D eigenvalue weighted by molar-refractivity contribution is 5.82. The first-order valence-electron chi connectivity index (χ1n) is 13.0. The molecule has 0 aliphatic carbocycles. The van der Waals surface area contributed by atoms with Crippen LogP contribution in [0.15, 0.2) is 42.5 Å². The van der Waals surface area contributed by atoms with Gasteiger partial charge in [0.15, 0.2) is 0 Å². The van der Waals surface area contributed by atoms with Crippen molar-refractivity contribution in [2.24, 2.45) is 5.92 Å². The van der Waals surface area contributed by atoms with Gasteiger partial charge in [0, 0.05) is 44.5 Å². The average Bonchev–Trinajstić information content (AvgIpc) is 2.92. The molecular weight excluding hydrogens is 440 g/mol. The summed E-state index contributed by atoms with van der Waals surface area (Å²) in [7, 11) is 3.43. The van der Waals surface area contributed by atoms with E-state index in [9.17, 15) is 4.79 Å². The molecule has 3 aliphatic rings. The Morgan fingerprint density at radius 3 is 2.60 bits per heavy atom. The van der Waals surface area contributed by atoms with E-state index in [-0.39, 0.29) is 17.9 Å². The number of hydrogen-bond donors (Lipinski definition) is 1. The van der Waals surface area contributed by atoms with Crippen molar-refractivity contribution in [3.05, 3.63) is 48.0 Å². The molecule has 5 rings (SSSR count). The number of nitrogens with zero attached hydrogens (tertiary/aromatic N) is 3. The Kier molecular flexibility index (Phi) is 7.32. The van der Waals surface area contributed by atoms with Crippen molar-refractivity contribution < 1.29 is 14.3 Å². The lowest BCUT2D eigenvalue weighted by atomic mass is 9.83. The maximum atomic E-state index is 13.6. The summed E-state index contributed by atoms with van der Waals surface area (Å²) in [5, 5.41) is 3.29. The van der Waals surface area contributed by atoms with Gasteiger partial charge in [-0.2, -0.15) is 0 Å². The molecular formula is C28H38N4O3. The summed E-state index contributed by atoms with van der Waals surface area (Å²) in [4.78, 5) is 20.9. The van der Waals surface area contributed by atoms with Crippen molar-refractivity contribution >= 4 is 17.3 Å². The Bertz CT molecular complexity index is 1020. The van der Waals surface area contributed by atoms with Gasteiger partial charge in [-0.15, -0.1) is 0 Å². The van der Waals surface area contributed by atoms with Crippen LogP contribution < -0.4 is 24.6 Å². The van der Waals surface area contributed by atoms with E-state index in [0.717, 1.165) is 62.9 Å². The zero-order valence-electron chi connectivity index (χ0n) is 21.0. The number of piperazine rings is 1. The van der Waals surface area contributed by atoms with E-state index in [4.69, 9.17) is 9.47 Å². The van der Waals surface area contributed by atoms with Gasteiger partial charge >= 0.3 is 0 Å². The van der Waals surface area contributed by atoms with Crippen molar-refractivity contribution in [1.29, 1.82) is 0 Å². The summed E-state index contributed by atoms with van der Waals surface area (Å²) < 4.78 is 11.2. The molecule has 2 fully saturated rings. The normalized spacial score (nSPS) is 22.2. The standard InChI is InChI=1S/C28H38N4O3/c1-34-22-11-10-21-18-23(28(33)29-12-15-30-13-6-3-7-14-30)26-20-31(16-17-32(26)25(21)19-22)24-8-4-5-9-27(24)35-2/h4-5,8-11,19,23,26H,3,6-7,12-18,20H2,1-2H3,(H,29,33)/t23-,26+/m1/s1. The van der Waals surface area contributed by atoms with Gasteiger partial charge in [0.25, 0.3) is 0 Å². The molecule has 0 bridgehead atoms. The predicted octanol–water partition coefficient (Wildman–Crippen LogP) is 3.17. The van der Waals surface area contributed by atoms with Crippen molar-refractivity contribution in [2.45, 2.75) is 31.7 Å². The molecule has 1 amide bonds. The van der Waals surface area contributed by atoms with Crippen molar-refractivity contribution in [2.75, 3.05) is 69.8 Å². The van der Waals surface area contributed by atoms with E-state index in [0.29, 0.717) is 6.54 Å². The minimum atomic E-state index is -0.102. The van der Waals surface area contributed by atoms with Gasteiger partial charge in [-0.1, -0.05) is 24.6 Å². The summed E-state index contributed by atoms with van der Waals surface area (Å²) in [6.07, 6.45) is 4.62. The Morgan fingerprint density at radius 2 is 1.80 bits per heavy atom. The van der Waals surface area contributed by atoms with Gasteiger partial charge in [0.2, 0.25) is 5.91 Å². The highest BCUT2D eigenvalue weighted by atomic mass is 16.5. The highest BCUT2D eigenvalue weighted by Gasteiger charge is 2.42. The predicted molar refractivity (Wildman–Crippen MR) is 140 cm³/mol. The van der Waals surface area contributed by atoms with Crippen molar-refractivity contribution in [3.8, 4) is 11.5 Å². The smallest absolute Gasteiger partial charge is 0.225 e. The lowest BCUT2D eigenvalue weighted by Crippen LogP contribution is -2.61. The van der Waals surface area contributed by atoms with Crippen molar-refractivity contribution in [3.63, 3.8) is 0 Å². The van der Waals surface area contributed by atoms with Gasteiger partial charge in [-0.25, -0.2) is 0 Å². The van der Waals surface area contributed by atoms with Crippen LogP contribution in [0.5, 0.6) is 11.5 Å². The van der Waals surface area contributed by atoms with E-state index < -0.39 is 0 Å². The second kappa shape index (κ2) is 10.8. The number of fused-ring (bicyclic) bond motifs is 3. The number of ether oxygens (including phenoxy) is 2. The van der Waals surface area contributed by atoms with Crippen molar-refractivity contribution in [1.82, 2.24) is 10.2 Å². The van der Waals surface area contributed by atoms with Gasteiger partial charge in [-0.05, 0) is 56.1 Å². The first-order chi connectivity index (χ1) is 17.2. The first-order valence-corrected chi connectivity index (χ1v) is 13.0. The Morgan fingerprint density at radius 1 is 0.971 bits per heavy atom. The molecule has 2 aromatic carbocycles. The number of methoxy groups -OCH3 is 2. The minimum absolute atomic E-state index is 0.0863. The quantitative estimate of drug-likeness (QED) is 0.660. The number of amides is 1. The average molecular weight is 479 g/mol. The van der Waals surface area contributed by atoms with Crippen LogP contribution in [-0.2, 0) is 11.2 Å². The second-order valence-electron chi connectivity index (χ2n) is 9.88. The molecule has 0 spiro atoms. The SMILES string of the molecule is COc1ccc2c(c1)N1CCN(c3ccccc3OC)C[C@H]1[C@H](C(=O)NCCN1CCCCC1)C2. The number of para-hydroxylation sites is 2. The first kappa shape index (κ1) is 23.8. The monoisotopic (exact) mass is 478 g/mol. The van der Waals surface area contributed by atoms with Crippen LogP contribution in [0.1, 0.15) is 24.8 Å². The fourth-order valence-electron chi connectivity index (χ4n) is 5.97. The number of nitrogens with one attached hydrogen (secondary N) is 1. The van der Waals surface area contributed by atoms with Gasteiger partial charge < -0.3 is 29.5 Å². The molecule has 2 saturated heterocycles. The van der Waals surface area contributed by atoms with Crippen LogP contribution in [0.25, 0.3) is 0 Å². The number of carbonyl (C=O) groups excluding carboxylic acids is 1. The Labute approximate surface area is 209 Å². The van der Waals surface area contributed by atoms with E-state index in [2.05, 4.69) is 44.3 Å². The molecule has 0 unspecified atom stereocenters.